The van der Waals surface area contributed by atoms with Crippen LogP contribution in [0.25, 0.3) is 0 Å². The minimum atomic E-state index is -4.68. The molecule has 0 radical (unpaired) electrons. The second kappa shape index (κ2) is 16.1. The maximum atomic E-state index is 13.9. The van der Waals surface area contributed by atoms with Crippen molar-refractivity contribution in [1.82, 2.24) is 25.9 Å². The van der Waals surface area contributed by atoms with Gasteiger partial charge in [0.25, 0.3) is 0 Å². The van der Waals surface area contributed by atoms with E-state index in [0.717, 1.165) is 71.7 Å². The van der Waals surface area contributed by atoms with Crippen LogP contribution in [0.2, 0.25) is 0 Å². The Morgan fingerprint density at radius 2 is 1.52 bits per heavy atom. The monoisotopic (exact) mass is 736 g/mol. The molecule has 0 spiro atoms. The first kappa shape index (κ1) is 37.3. The van der Waals surface area contributed by atoms with E-state index in [9.17, 15) is 40.9 Å². The number of fused-ring (bicyclic) bond motifs is 2. The van der Waals surface area contributed by atoms with Gasteiger partial charge in [-0.2, -0.15) is 13.2 Å². The molecule has 4 heterocycles. The highest BCUT2D eigenvalue weighted by molar-refractivity contribution is 5.52. The number of anilines is 3. The Hall–Kier alpha value is -4.45. The van der Waals surface area contributed by atoms with E-state index in [4.69, 9.17) is 9.97 Å². The van der Waals surface area contributed by atoms with Crippen molar-refractivity contribution in [3.63, 3.8) is 0 Å². The van der Waals surface area contributed by atoms with E-state index in [1.165, 1.54) is 0 Å². The van der Waals surface area contributed by atoms with Crippen LogP contribution in [0.15, 0.2) is 59.8 Å². The van der Waals surface area contributed by atoms with E-state index in [0.29, 0.717) is 25.5 Å². The zero-order valence-electron chi connectivity index (χ0n) is 27.8. The molecule has 5 atom stereocenters. The Balaban J connectivity index is 0.974. The van der Waals surface area contributed by atoms with Gasteiger partial charge in [0.05, 0.1) is 11.3 Å². The summed E-state index contributed by atoms with van der Waals surface area (Å²) in [6.07, 6.45) is -5.65. The molecule has 0 fully saturated rings. The summed E-state index contributed by atoms with van der Waals surface area (Å²) in [6, 6.07) is 9.67. The Morgan fingerprint density at radius 1 is 0.827 bits per heavy atom. The summed E-state index contributed by atoms with van der Waals surface area (Å²) in [6.45, 7) is 1.98. The third kappa shape index (κ3) is 9.12. The fourth-order valence-corrected chi connectivity index (χ4v) is 6.71. The lowest BCUT2D eigenvalue weighted by Crippen LogP contribution is -2.43. The summed E-state index contributed by atoms with van der Waals surface area (Å²) in [7, 11) is 0. The number of allylic oxidation sites excluding steroid dienone is 4. The second-order valence-electron chi connectivity index (χ2n) is 13.0. The van der Waals surface area contributed by atoms with Gasteiger partial charge >= 0.3 is 6.18 Å². The fourth-order valence-electron chi connectivity index (χ4n) is 6.71. The molecule has 5 unspecified atom stereocenters. The zero-order chi connectivity index (χ0) is 37.0. The lowest BCUT2D eigenvalue weighted by molar-refractivity contribution is -0.0892. The van der Waals surface area contributed by atoms with Crippen LogP contribution in [0.1, 0.15) is 41.3 Å². The SMILES string of the molecule is OC(NCCc1ccc2c(n1)NCC(C1CCNc3nc(CCNC(O)Nc4ccc(F)c(F)c4F)ccc31)C2)NC1=CC(C(F)(F)F)=CC(F)C1. The van der Waals surface area contributed by atoms with Gasteiger partial charge in [-0.25, -0.2) is 27.5 Å². The molecule has 0 amide bonds. The van der Waals surface area contributed by atoms with Crippen LogP contribution in [-0.2, 0) is 19.3 Å². The van der Waals surface area contributed by atoms with Crippen LogP contribution < -0.4 is 31.9 Å². The third-order valence-electron chi connectivity index (χ3n) is 9.27. The first-order valence-electron chi connectivity index (χ1n) is 16.9. The number of aromatic nitrogens is 2. The Kier molecular flexibility index (Phi) is 11.5. The largest absolute Gasteiger partial charge is 0.416 e. The average Bonchev–Trinajstić information content (AvgIpc) is 3.10. The van der Waals surface area contributed by atoms with Gasteiger partial charge in [-0.1, -0.05) is 12.1 Å². The molecule has 1 aliphatic carbocycles. The van der Waals surface area contributed by atoms with Crippen LogP contribution in [-0.4, -0.2) is 71.4 Å². The molecule has 10 nitrogen and oxygen atoms in total. The predicted molar refractivity (Wildman–Crippen MR) is 180 cm³/mol. The molecule has 2 aromatic heterocycles. The molecular formula is C35H39F7N8O2. The molecule has 0 saturated heterocycles. The molecule has 52 heavy (non-hydrogen) atoms. The van der Waals surface area contributed by atoms with Crippen molar-refractivity contribution in [2.75, 3.05) is 42.1 Å². The average molecular weight is 737 g/mol. The van der Waals surface area contributed by atoms with Crippen molar-refractivity contribution in [2.45, 2.75) is 63.1 Å². The van der Waals surface area contributed by atoms with E-state index in [1.54, 1.807) is 0 Å². The molecule has 3 aliphatic rings. The standard InChI is InChI=1S/C35H39F7N8O2/c36-21-14-20(35(40,41)42)15-24(16-21)49-33(51)44-10-7-22-2-1-18-13-19(17-46-31(18)47-22)25-9-12-43-32-26(25)4-3-23(48-32)8-11-45-34(52)50-28-6-5-27(37)29(38)30(28)39/h1-6,14-15,19,21,25,33-34,44-45,49-52H,7-13,16-17H2,(H,43,48)(H,46,47). The van der Waals surface area contributed by atoms with Crippen LogP contribution >= 0.6 is 0 Å². The molecule has 280 valence electrons. The van der Waals surface area contributed by atoms with Crippen molar-refractivity contribution in [2.24, 2.45) is 5.92 Å². The first-order valence-corrected chi connectivity index (χ1v) is 16.9. The minimum absolute atomic E-state index is 0.0529. The lowest BCUT2D eigenvalue weighted by atomic mass is 9.77. The molecule has 2 aliphatic heterocycles. The number of nitrogens with zero attached hydrogens (tertiary/aromatic N) is 2. The zero-order valence-corrected chi connectivity index (χ0v) is 27.8. The number of rotatable bonds is 13. The predicted octanol–water partition coefficient (Wildman–Crippen LogP) is 4.71. The molecule has 0 saturated carbocycles. The van der Waals surface area contributed by atoms with E-state index in [2.05, 4.69) is 38.0 Å². The number of hydrogen-bond donors (Lipinski definition) is 8. The number of alkyl halides is 4. The lowest BCUT2D eigenvalue weighted by Gasteiger charge is -2.35. The van der Waals surface area contributed by atoms with Crippen LogP contribution in [0, 0.1) is 23.4 Å². The van der Waals surface area contributed by atoms with Gasteiger partial charge in [0.15, 0.2) is 30.2 Å². The molecule has 1 aromatic carbocycles. The summed E-state index contributed by atoms with van der Waals surface area (Å²) in [5.74, 6) is -2.28. The topological polar surface area (TPSA) is 138 Å². The Bertz CT molecular complexity index is 1810. The van der Waals surface area contributed by atoms with Gasteiger partial charge in [-0.05, 0) is 72.2 Å². The van der Waals surface area contributed by atoms with Gasteiger partial charge in [-0.3, -0.25) is 10.6 Å². The summed E-state index contributed by atoms with van der Waals surface area (Å²) in [4.78, 5) is 9.52. The van der Waals surface area contributed by atoms with Crippen LogP contribution in [0.3, 0.4) is 0 Å². The van der Waals surface area contributed by atoms with Crippen LogP contribution in [0.4, 0.5) is 48.1 Å². The highest BCUT2D eigenvalue weighted by atomic mass is 19.4. The van der Waals surface area contributed by atoms with Crippen molar-refractivity contribution in [3.8, 4) is 0 Å². The van der Waals surface area contributed by atoms with E-state index >= 15 is 0 Å². The highest BCUT2D eigenvalue weighted by Gasteiger charge is 2.35. The van der Waals surface area contributed by atoms with Gasteiger partial charge in [0.1, 0.15) is 17.8 Å². The van der Waals surface area contributed by atoms with Crippen molar-refractivity contribution >= 4 is 17.3 Å². The van der Waals surface area contributed by atoms with Crippen LogP contribution in [0.5, 0.6) is 0 Å². The summed E-state index contributed by atoms with van der Waals surface area (Å²) < 4.78 is 93.4. The molecule has 0 bridgehead atoms. The fraction of sp³-hybridized carbons (Fsp3) is 0.429. The summed E-state index contributed by atoms with van der Waals surface area (Å²) in [5.41, 5.74) is 2.17. The number of benzene rings is 1. The smallest absolute Gasteiger partial charge is 0.370 e. The van der Waals surface area contributed by atoms with E-state index in [1.807, 2.05) is 18.2 Å². The van der Waals surface area contributed by atoms with Gasteiger partial charge < -0.3 is 31.5 Å². The van der Waals surface area contributed by atoms with E-state index < -0.39 is 48.1 Å². The van der Waals surface area contributed by atoms with Crippen molar-refractivity contribution in [1.29, 1.82) is 0 Å². The number of hydrogen-bond acceptors (Lipinski definition) is 10. The van der Waals surface area contributed by atoms with E-state index in [-0.39, 0.29) is 42.7 Å². The quantitative estimate of drug-likeness (QED) is 0.0708. The third-order valence-corrected chi connectivity index (χ3v) is 9.27. The molecular weight excluding hydrogens is 697 g/mol. The normalized spacial score (nSPS) is 21.1. The number of pyridine rings is 2. The Morgan fingerprint density at radius 3 is 2.25 bits per heavy atom. The first-order chi connectivity index (χ1) is 24.8. The molecule has 17 heteroatoms. The summed E-state index contributed by atoms with van der Waals surface area (Å²) in [5, 5.41) is 37.6. The maximum Gasteiger partial charge on any atom is 0.416 e. The second-order valence-corrected chi connectivity index (χ2v) is 13.0. The number of halogens is 7. The highest BCUT2D eigenvalue weighted by Crippen LogP contribution is 2.40. The molecule has 8 N–H and O–H groups in total. The van der Waals surface area contributed by atoms with Gasteiger partial charge in [-0.15, -0.1) is 0 Å². The van der Waals surface area contributed by atoms with Crippen molar-refractivity contribution in [3.05, 3.63) is 99.8 Å². The Labute approximate surface area is 295 Å². The van der Waals surface area contributed by atoms with Crippen molar-refractivity contribution < 1.29 is 40.9 Å². The molecule has 3 aromatic rings. The number of aliphatic hydroxyl groups is 2. The summed E-state index contributed by atoms with van der Waals surface area (Å²) >= 11 is 0. The number of aliphatic hydroxyl groups excluding tert-OH is 2. The molecule has 6 rings (SSSR count). The maximum absolute atomic E-state index is 13.9. The van der Waals surface area contributed by atoms with Gasteiger partial charge in [0.2, 0.25) is 0 Å². The van der Waals surface area contributed by atoms with Gasteiger partial charge in [0, 0.05) is 62.5 Å². The number of nitrogens with one attached hydrogen (secondary N) is 6. The minimum Gasteiger partial charge on any atom is -0.370 e.